The van der Waals surface area contributed by atoms with E-state index < -0.39 is 10.8 Å². The fraction of sp³-hybridized carbons (Fsp3) is 0.438. The molecule has 1 fully saturated rings. The summed E-state index contributed by atoms with van der Waals surface area (Å²) >= 11 is 1.33. The Bertz CT molecular complexity index is 804. The molecular weight excluding hydrogens is 358 g/mol. The number of benzene rings is 1. The number of likely N-dealkylation sites (tertiary alicyclic amines) is 1. The zero-order valence-electron chi connectivity index (χ0n) is 14.3. The van der Waals surface area contributed by atoms with Crippen LogP contribution in [-0.4, -0.2) is 46.1 Å². The van der Waals surface area contributed by atoms with Crippen LogP contribution in [0.25, 0.3) is 0 Å². The first-order chi connectivity index (χ1) is 12.6. The lowest BCUT2D eigenvalue weighted by Gasteiger charge is -2.24. The second kappa shape index (κ2) is 8.19. The molecule has 0 radical (unpaired) electrons. The summed E-state index contributed by atoms with van der Waals surface area (Å²) in [7, 11) is 1.32. The Kier molecular flexibility index (Phi) is 5.74. The molecule has 0 atom stereocenters. The molecule has 9 nitrogen and oxygen atoms in total. The van der Waals surface area contributed by atoms with E-state index in [1.165, 1.54) is 55.9 Å². The summed E-state index contributed by atoms with van der Waals surface area (Å²) < 4.78 is 4.98. The van der Waals surface area contributed by atoms with Gasteiger partial charge in [0.25, 0.3) is 5.91 Å². The summed E-state index contributed by atoms with van der Waals surface area (Å²) in [6.07, 6.45) is 3.67. The largest absolute Gasteiger partial charge is 0.490 e. The van der Waals surface area contributed by atoms with Crippen molar-refractivity contribution in [3.63, 3.8) is 0 Å². The van der Waals surface area contributed by atoms with Gasteiger partial charge in [-0.3, -0.25) is 25.1 Å². The lowest BCUT2D eigenvalue weighted by atomic mass is 10.1. The minimum atomic E-state index is -0.557. The lowest BCUT2D eigenvalue weighted by molar-refractivity contribution is -0.385. The van der Waals surface area contributed by atoms with Crippen molar-refractivity contribution in [3.8, 4) is 5.75 Å². The molecule has 10 heteroatoms. The van der Waals surface area contributed by atoms with Crippen molar-refractivity contribution in [2.24, 2.45) is 0 Å². The van der Waals surface area contributed by atoms with Crippen LogP contribution < -0.4 is 10.1 Å². The first-order valence-electron chi connectivity index (χ1n) is 8.25. The van der Waals surface area contributed by atoms with E-state index in [0.717, 1.165) is 24.6 Å². The number of nitrogens with one attached hydrogen (secondary N) is 1. The number of nitro benzene ring substituents is 1. The number of rotatable bonds is 6. The Balaban J connectivity index is 1.65. The van der Waals surface area contributed by atoms with Gasteiger partial charge in [-0.15, -0.1) is 10.2 Å². The molecule has 0 spiro atoms. The highest BCUT2D eigenvalue weighted by molar-refractivity contribution is 7.15. The number of amides is 1. The molecule has 1 saturated heterocycles. The molecule has 0 bridgehead atoms. The van der Waals surface area contributed by atoms with Crippen LogP contribution in [0.2, 0.25) is 0 Å². The molecule has 1 amide bonds. The summed E-state index contributed by atoms with van der Waals surface area (Å²) in [6, 6.07) is 3.96. The third-order valence-corrected chi connectivity index (χ3v) is 4.96. The van der Waals surface area contributed by atoms with Crippen molar-refractivity contribution in [2.45, 2.75) is 25.8 Å². The third kappa shape index (κ3) is 4.33. The molecule has 3 rings (SSSR count). The van der Waals surface area contributed by atoms with Crippen LogP contribution in [0.15, 0.2) is 18.2 Å². The Labute approximate surface area is 154 Å². The van der Waals surface area contributed by atoms with Crippen molar-refractivity contribution in [1.82, 2.24) is 15.1 Å². The van der Waals surface area contributed by atoms with Crippen LogP contribution in [0.3, 0.4) is 0 Å². The van der Waals surface area contributed by atoms with Gasteiger partial charge in [0.1, 0.15) is 5.01 Å². The fourth-order valence-electron chi connectivity index (χ4n) is 2.82. The summed E-state index contributed by atoms with van der Waals surface area (Å²) in [4.78, 5) is 25.1. The van der Waals surface area contributed by atoms with E-state index in [2.05, 4.69) is 20.4 Å². The number of piperidine rings is 1. The zero-order valence-corrected chi connectivity index (χ0v) is 15.1. The van der Waals surface area contributed by atoms with Crippen molar-refractivity contribution >= 4 is 28.1 Å². The highest BCUT2D eigenvalue weighted by Crippen LogP contribution is 2.28. The van der Waals surface area contributed by atoms with Crippen molar-refractivity contribution in [1.29, 1.82) is 0 Å². The number of methoxy groups -OCH3 is 1. The van der Waals surface area contributed by atoms with E-state index in [-0.39, 0.29) is 17.0 Å². The number of hydrogen-bond acceptors (Lipinski definition) is 8. The number of ether oxygens (including phenoxy) is 1. The second-order valence-corrected chi connectivity index (χ2v) is 7.00. The molecule has 1 N–H and O–H groups in total. The predicted octanol–water partition coefficient (Wildman–Crippen LogP) is 2.69. The number of hydrogen-bond donors (Lipinski definition) is 1. The first-order valence-corrected chi connectivity index (χ1v) is 9.07. The Morgan fingerprint density at radius 3 is 2.81 bits per heavy atom. The minimum absolute atomic E-state index is 0.0331. The summed E-state index contributed by atoms with van der Waals surface area (Å²) in [5.74, 6) is -0.385. The Hall–Kier alpha value is -2.59. The van der Waals surface area contributed by atoms with Gasteiger partial charge >= 0.3 is 5.69 Å². The van der Waals surface area contributed by atoms with Gasteiger partial charge in [0, 0.05) is 17.7 Å². The fourth-order valence-corrected chi connectivity index (χ4v) is 3.59. The van der Waals surface area contributed by atoms with Crippen molar-refractivity contribution < 1.29 is 14.5 Å². The van der Waals surface area contributed by atoms with Gasteiger partial charge in [-0.05, 0) is 32.0 Å². The molecule has 0 saturated carbocycles. The second-order valence-electron chi connectivity index (χ2n) is 5.94. The first kappa shape index (κ1) is 18.2. The summed E-state index contributed by atoms with van der Waals surface area (Å²) in [5, 5.41) is 23.0. The Morgan fingerprint density at radius 2 is 2.12 bits per heavy atom. The number of nitro groups is 1. The average Bonchev–Trinajstić information content (AvgIpc) is 3.08. The van der Waals surface area contributed by atoms with Crippen LogP contribution in [0, 0.1) is 10.1 Å². The molecule has 0 unspecified atom stereocenters. The van der Waals surface area contributed by atoms with Gasteiger partial charge < -0.3 is 4.74 Å². The number of carbonyl (C=O) groups excluding carboxylic acids is 1. The van der Waals surface area contributed by atoms with Crippen molar-refractivity contribution in [2.75, 3.05) is 25.5 Å². The molecular formula is C16H19N5O4S. The molecule has 2 aromatic rings. The van der Waals surface area contributed by atoms with E-state index in [1.807, 2.05) is 0 Å². The molecule has 2 heterocycles. The van der Waals surface area contributed by atoms with Gasteiger partial charge in [0.05, 0.1) is 18.6 Å². The van der Waals surface area contributed by atoms with E-state index in [4.69, 9.17) is 4.74 Å². The summed E-state index contributed by atoms with van der Waals surface area (Å²) in [5.41, 5.74) is 0.0593. The maximum absolute atomic E-state index is 12.4. The van der Waals surface area contributed by atoms with Gasteiger partial charge in [0.15, 0.2) is 5.75 Å². The van der Waals surface area contributed by atoms with E-state index in [9.17, 15) is 14.9 Å². The van der Waals surface area contributed by atoms with Crippen LogP contribution in [-0.2, 0) is 6.54 Å². The van der Waals surface area contributed by atoms with Gasteiger partial charge in [-0.1, -0.05) is 17.8 Å². The number of carbonyl (C=O) groups is 1. The van der Waals surface area contributed by atoms with Crippen LogP contribution in [0.5, 0.6) is 5.75 Å². The molecule has 1 aromatic heterocycles. The number of nitrogens with zero attached hydrogens (tertiary/aromatic N) is 4. The number of anilines is 1. The maximum atomic E-state index is 12.4. The average molecular weight is 377 g/mol. The molecule has 1 aliphatic rings. The third-order valence-electron chi connectivity index (χ3n) is 4.13. The highest BCUT2D eigenvalue weighted by atomic mass is 32.1. The van der Waals surface area contributed by atoms with Crippen LogP contribution in [0.4, 0.5) is 10.8 Å². The molecule has 1 aliphatic heterocycles. The predicted molar refractivity (Wildman–Crippen MR) is 96.6 cm³/mol. The molecule has 0 aliphatic carbocycles. The standard InChI is InChI=1S/C16H19N5O4S/c1-25-13-9-11(5-6-12(13)21(23)24)15(22)17-16-19-18-14(26-16)10-20-7-3-2-4-8-20/h5-6,9H,2-4,7-8,10H2,1H3,(H,17,19,22). The van der Waals surface area contributed by atoms with Crippen LogP contribution >= 0.6 is 11.3 Å². The van der Waals surface area contributed by atoms with Crippen LogP contribution in [0.1, 0.15) is 34.6 Å². The zero-order chi connectivity index (χ0) is 18.5. The van der Waals surface area contributed by atoms with E-state index >= 15 is 0 Å². The minimum Gasteiger partial charge on any atom is -0.490 e. The van der Waals surface area contributed by atoms with Gasteiger partial charge in [0.2, 0.25) is 5.13 Å². The van der Waals surface area contributed by atoms with E-state index in [1.54, 1.807) is 0 Å². The molecule has 26 heavy (non-hydrogen) atoms. The smallest absolute Gasteiger partial charge is 0.310 e. The Morgan fingerprint density at radius 1 is 1.35 bits per heavy atom. The topological polar surface area (TPSA) is 110 Å². The molecule has 1 aromatic carbocycles. The molecule has 138 valence electrons. The normalized spacial score (nSPS) is 14.8. The van der Waals surface area contributed by atoms with E-state index in [0.29, 0.717) is 5.13 Å². The SMILES string of the molecule is COc1cc(C(=O)Nc2nnc(CN3CCCCC3)s2)ccc1[N+](=O)[O-]. The van der Waals surface area contributed by atoms with Crippen molar-refractivity contribution in [3.05, 3.63) is 38.9 Å². The maximum Gasteiger partial charge on any atom is 0.310 e. The van der Waals surface area contributed by atoms with Gasteiger partial charge in [-0.25, -0.2) is 0 Å². The summed E-state index contributed by atoms with van der Waals surface area (Å²) in [6.45, 7) is 2.85. The number of aromatic nitrogens is 2. The monoisotopic (exact) mass is 377 g/mol. The highest BCUT2D eigenvalue weighted by Gasteiger charge is 2.19. The van der Waals surface area contributed by atoms with Gasteiger partial charge in [-0.2, -0.15) is 0 Å². The lowest BCUT2D eigenvalue weighted by Crippen LogP contribution is -2.28. The quantitative estimate of drug-likeness (QED) is 0.608.